The van der Waals surface area contributed by atoms with Crippen molar-refractivity contribution >= 4 is 22.7 Å². The molecule has 0 unspecified atom stereocenters. The fourth-order valence-corrected chi connectivity index (χ4v) is 8.99. The molecule has 0 atom stereocenters. The molecule has 4 aromatic rings. The van der Waals surface area contributed by atoms with Crippen molar-refractivity contribution in [2.45, 2.75) is 138 Å². The topological polar surface area (TPSA) is 0 Å². The third-order valence-corrected chi connectivity index (χ3v) is 11.6. The Bertz CT molecular complexity index is 1380. The van der Waals surface area contributed by atoms with Gasteiger partial charge in [-0.05, 0) is 84.8 Å². The van der Waals surface area contributed by atoms with Gasteiger partial charge in [-0.1, -0.05) is 142 Å². The highest BCUT2D eigenvalue weighted by Gasteiger charge is 2.42. The monoisotopic (exact) mass is 614 g/mol. The smallest absolute Gasteiger partial charge is 0.0449 e. The second-order valence-electron chi connectivity index (χ2n) is 12.5. The molecule has 1 aliphatic rings. The van der Waals surface area contributed by atoms with Gasteiger partial charge in [0, 0.05) is 24.9 Å². The number of fused-ring (bicyclic) bond motifs is 3. The molecule has 0 spiro atoms. The molecule has 2 heterocycles. The van der Waals surface area contributed by atoms with Gasteiger partial charge in [0.15, 0.2) is 0 Å². The molecule has 0 aliphatic heterocycles. The van der Waals surface area contributed by atoms with Gasteiger partial charge in [0.25, 0.3) is 0 Å². The Hall–Kier alpha value is -2.16. The summed E-state index contributed by atoms with van der Waals surface area (Å²) in [7, 11) is 0. The largest absolute Gasteiger partial charge is 0.140 e. The van der Waals surface area contributed by atoms with Gasteiger partial charge in [0.1, 0.15) is 0 Å². The van der Waals surface area contributed by atoms with E-state index in [0.717, 1.165) is 0 Å². The predicted octanol–water partition coefficient (Wildman–Crippen LogP) is 14.8. The number of aryl methyl sites for hydroxylation is 2. The molecule has 1 aliphatic carbocycles. The molecular weight excluding hydrogens is 557 g/mol. The minimum absolute atomic E-state index is 0. The maximum Gasteiger partial charge on any atom is 0.0449 e. The number of unbranched alkanes of at least 4 members (excludes halogenated alkanes) is 10. The van der Waals surface area contributed by atoms with Gasteiger partial charge in [-0.3, -0.25) is 0 Å². The van der Waals surface area contributed by atoms with Gasteiger partial charge >= 0.3 is 0 Å². The molecule has 0 radical (unpaired) electrons. The number of hydrogen-bond acceptors (Lipinski definition) is 2. The van der Waals surface area contributed by atoms with Crippen molar-refractivity contribution in [3.8, 4) is 31.3 Å². The summed E-state index contributed by atoms with van der Waals surface area (Å²) in [5.41, 5.74) is 9.16. The van der Waals surface area contributed by atoms with Crippen LogP contribution in [-0.4, -0.2) is 0 Å². The van der Waals surface area contributed by atoms with E-state index in [1.807, 2.05) is 22.7 Å². The molecule has 0 amide bonds. The molecule has 0 bridgehead atoms. The number of rotatable bonds is 16. The Morgan fingerprint density at radius 1 is 0.512 bits per heavy atom. The van der Waals surface area contributed by atoms with Crippen LogP contribution in [0, 0.1) is 13.8 Å². The van der Waals surface area contributed by atoms with Crippen molar-refractivity contribution in [2.75, 3.05) is 0 Å². The fraction of sp³-hybridized carbons (Fsp3) is 0.512. The fourth-order valence-electron chi connectivity index (χ4n) is 7.03. The van der Waals surface area contributed by atoms with Crippen molar-refractivity contribution in [3.63, 3.8) is 0 Å². The van der Waals surface area contributed by atoms with E-state index in [-0.39, 0.29) is 20.3 Å². The van der Waals surface area contributed by atoms with Gasteiger partial charge in [0.05, 0.1) is 0 Å². The Morgan fingerprint density at radius 3 is 1.63 bits per heavy atom. The first kappa shape index (κ1) is 35.3. The van der Waals surface area contributed by atoms with E-state index in [1.165, 1.54) is 132 Å². The van der Waals surface area contributed by atoms with Crippen molar-refractivity contribution in [1.82, 2.24) is 0 Å². The summed E-state index contributed by atoms with van der Waals surface area (Å²) in [6, 6.07) is 24.0. The van der Waals surface area contributed by atoms with E-state index in [0.29, 0.717) is 0 Å². The lowest BCUT2D eigenvalue weighted by atomic mass is 9.70. The summed E-state index contributed by atoms with van der Waals surface area (Å²) >= 11 is 3.86. The Balaban J connectivity index is 0.00000253. The summed E-state index contributed by atoms with van der Waals surface area (Å²) < 4.78 is 0. The highest BCUT2D eigenvalue weighted by molar-refractivity contribution is 7.23. The maximum atomic E-state index is 2.61. The van der Waals surface area contributed by atoms with Crippen LogP contribution < -0.4 is 0 Å². The molecular formula is C41H58S2. The SMILES string of the molecule is C.C.CCCCCCCCC1(CCCCCCCC)c2cc(C)ccc2-c2ccc(-c3ccc(-c4ccc(C)s4)s3)cc21. The van der Waals surface area contributed by atoms with Crippen molar-refractivity contribution in [1.29, 1.82) is 0 Å². The number of benzene rings is 2. The average molecular weight is 615 g/mol. The molecule has 234 valence electrons. The van der Waals surface area contributed by atoms with Gasteiger partial charge in [-0.25, -0.2) is 0 Å². The first-order chi connectivity index (χ1) is 20.1. The van der Waals surface area contributed by atoms with Gasteiger partial charge in [-0.15, -0.1) is 22.7 Å². The molecule has 5 rings (SSSR count). The highest BCUT2D eigenvalue weighted by atomic mass is 32.1. The summed E-state index contributed by atoms with van der Waals surface area (Å²) in [5.74, 6) is 0. The Morgan fingerprint density at radius 2 is 1.02 bits per heavy atom. The number of thiophene rings is 2. The number of hydrogen-bond donors (Lipinski definition) is 0. The van der Waals surface area contributed by atoms with Crippen molar-refractivity contribution < 1.29 is 0 Å². The molecule has 0 N–H and O–H groups in total. The van der Waals surface area contributed by atoms with Crippen LogP contribution in [0.4, 0.5) is 0 Å². The van der Waals surface area contributed by atoms with Gasteiger partial charge in [0.2, 0.25) is 0 Å². The second kappa shape index (κ2) is 16.8. The lowest BCUT2D eigenvalue weighted by molar-refractivity contribution is 0.398. The van der Waals surface area contributed by atoms with E-state index < -0.39 is 0 Å². The zero-order chi connectivity index (χ0) is 28.7. The minimum atomic E-state index is 0. The first-order valence-corrected chi connectivity index (χ1v) is 18.1. The van der Waals surface area contributed by atoms with E-state index in [1.54, 1.807) is 11.1 Å². The van der Waals surface area contributed by atoms with Crippen molar-refractivity contribution in [2.24, 2.45) is 0 Å². The maximum absolute atomic E-state index is 2.61. The first-order valence-electron chi connectivity index (χ1n) is 16.5. The van der Waals surface area contributed by atoms with Crippen LogP contribution in [0.2, 0.25) is 0 Å². The second-order valence-corrected chi connectivity index (χ2v) is 14.9. The third kappa shape index (κ3) is 8.12. The average Bonchev–Trinajstić information content (AvgIpc) is 3.70. The van der Waals surface area contributed by atoms with Crippen LogP contribution in [0.5, 0.6) is 0 Å². The van der Waals surface area contributed by atoms with Crippen LogP contribution in [0.15, 0.2) is 60.7 Å². The van der Waals surface area contributed by atoms with Gasteiger partial charge < -0.3 is 0 Å². The van der Waals surface area contributed by atoms with Gasteiger partial charge in [-0.2, -0.15) is 0 Å². The van der Waals surface area contributed by atoms with Crippen LogP contribution >= 0.6 is 22.7 Å². The van der Waals surface area contributed by atoms with E-state index in [4.69, 9.17) is 0 Å². The lowest BCUT2D eigenvalue weighted by Gasteiger charge is -2.33. The van der Waals surface area contributed by atoms with Crippen molar-refractivity contribution in [3.05, 3.63) is 82.2 Å². The van der Waals surface area contributed by atoms with E-state index in [2.05, 4.69) is 88.4 Å². The normalized spacial score (nSPS) is 12.8. The molecule has 0 saturated carbocycles. The molecule has 2 aromatic carbocycles. The molecule has 0 fully saturated rings. The minimum Gasteiger partial charge on any atom is -0.140 e. The molecule has 43 heavy (non-hydrogen) atoms. The van der Waals surface area contributed by atoms with E-state index in [9.17, 15) is 0 Å². The lowest BCUT2D eigenvalue weighted by Crippen LogP contribution is -2.25. The summed E-state index contributed by atoms with van der Waals surface area (Å²) in [4.78, 5) is 5.56. The van der Waals surface area contributed by atoms with Crippen LogP contribution in [0.25, 0.3) is 31.3 Å². The molecule has 2 heteroatoms. The standard InChI is InChI=1S/C39H50S2.2CH4/c1-5-7-9-11-13-15-25-39(26-16-14-12-10-8-6-2)34-27-29(3)17-20-32(34)33-21-19-31(28-35(33)39)36-23-24-38(41-36)37-22-18-30(4)40-37;;/h17-24,27-28H,5-16,25-26H2,1-4H3;2*1H4. The molecule has 2 aromatic heterocycles. The summed E-state index contributed by atoms with van der Waals surface area (Å²) in [6.07, 6.45) is 18.9. The third-order valence-electron chi connectivity index (χ3n) is 9.30. The highest BCUT2D eigenvalue weighted by Crippen LogP contribution is 2.55. The summed E-state index contributed by atoms with van der Waals surface area (Å²) in [5, 5.41) is 0. The van der Waals surface area contributed by atoms with Crippen LogP contribution in [0.3, 0.4) is 0 Å². The summed E-state index contributed by atoms with van der Waals surface area (Å²) in [6.45, 7) is 9.13. The molecule has 0 nitrogen and oxygen atoms in total. The zero-order valence-electron chi connectivity index (χ0n) is 26.0. The van der Waals surface area contributed by atoms with E-state index >= 15 is 0 Å². The Kier molecular flexibility index (Phi) is 13.8. The zero-order valence-corrected chi connectivity index (χ0v) is 27.6. The predicted molar refractivity (Wildman–Crippen MR) is 198 cm³/mol. The van der Waals surface area contributed by atoms with Crippen LogP contribution in [-0.2, 0) is 5.41 Å². The Labute approximate surface area is 273 Å². The molecule has 0 saturated heterocycles. The quantitative estimate of drug-likeness (QED) is 0.110. The van der Waals surface area contributed by atoms with Crippen LogP contribution in [0.1, 0.15) is 140 Å².